The van der Waals surface area contributed by atoms with Crippen LogP contribution in [0.4, 0.5) is 0 Å². The van der Waals surface area contributed by atoms with Crippen LogP contribution in [0.3, 0.4) is 0 Å². The van der Waals surface area contributed by atoms with Crippen molar-refractivity contribution >= 4 is 33.2 Å². The monoisotopic (exact) mass is 278 g/mol. The number of halogens is 1. The van der Waals surface area contributed by atoms with Crippen LogP contribution in [-0.4, -0.2) is 9.97 Å². The molecule has 0 atom stereocenters. The predicted molar refractivity (Wildman–Crippen MR) is 75.7 cm³/mol. The molecule has 0 amide bonds. The van der Waals surface area contributed by atoms with E-state index in [0.717, 1.165) is 22.5 Å². The molecule has 0 bridgehead atoms. The fourth-order valence-corrected chi connectivity index (χ4v) is 4.95. The van der Waals surface area contributed by atoms with E-state index in [9.17, 15) is 0 Å². The van der Waals surface area contributed by atoms with Crippen molar-refractivity contribution in [3.05, 3.63) is 21.4 Å². The summed E-state index contributed by atoms with van der Waals surface area (Å²) < 4.78 is 0. The van der Waals surface area contributed by atoms with Gasteiger partial charge in [-0.1, -0.05) is 24.4 Å². The largest absolute Gasteiger partial charge is 0.222 e. The predicted octanol–water partition coefficient (Wildman–Crippen LogP) is 4.49. The minimum atomic E-state index is 0.545. The van der Waals surface area contributed by atoms with Crippen LogP contribution >= 0.6 is 22.9 Å². The van der Waals surface area contributed by atoms with Crippen molar-refractivity contribution in [2.24, 2.45) is 0 Å². The summed E-state index contributed by atoms with van der Waals surface area (Å²) >= 11 is 8.26. The number of hydrogen-bond donors (Lipinski definition) is 0. The molecule has 2 aliphatic carbocycles. The van der Waals surface area contributed by atoms with Crippen LogP contribution in [0.15, 0.2) is 0 Å². The van der Waals surface area contributed by atoms with E-state index < -0.39 is 0 Å². The number of aromatic nitrogens is 2. The molecular formula is C14H15ClN2S. The number of nitrogens with zero attached hydrogens (tertiary/aromatic N) is 2. The number of fused-ring (bicyclic) bond motifs is 3. The van der Waals surface area contributed by atoms with Crippen LogP contribution in [0, 0.1) is 0 Å². The number of thiophene rings is 1. The Labute approximate surface area is 115 Å². The third-order valence-electron chi connectivity index (χ3n) is 4.26. The summed E-state index contributed by atoms with van der Waals surface area (Å²) in [6.45, 7) is 0. The standard InChI is InChI=1S/C14H15ClN2S/c15-12-11-9-6-3-7-10(9)18-14(11)17-13(16-12)8-4-1-2-5-8/h8H,1-7H2. The first-order valence-electron chi connectivity index (χ1n) is 6.80. The van der Waals surface area contributed by atoms with E-state index in [-0.39, 0.29) is 0 Å². The lowest BCUT2D eigenvalue weighted by atomic mass is 10.1. The zero-order valence-corrected chi connectivity index (χ0v) is 11.8. The maximum atomic E-state index is 6.42. The summed E-state index contributed by atoms with van der Waals surface area (Å²) in [4.78, 5) is 12.0. The number of aryl methyl sites for hydroxylation is 2. The van der Waals surface area contributed by atoms with Crippen molar-refractivity contribution in [3.63, 3.8) is 0 Å². The first-order valence-corrected chi connectivity index (χ1v) is 8.00. The summed E-state index contributed by atoms with van der Waals surface area (Å²) in [6, 6.07) is 0. The Hall–Kier alpha value is -0.670. The van der Waals surface area contributed by atoms with Gasteiger partial charge in [0.25, 0.3) is 0 Å². The quantitative estimate of drug-likeness (QED) is 0.718. The molecule has 2 aromatic heterocycles. The maximum Gasteiger partial charge on any atom is 0.141 e. The van der Waals surface area contributed by atoms with Crippen molar-refractivity contribution in [1.29, 1.82) is 0 Å². The summed E-state index contributed by atoms with van der Waals surface area (Å²) in [5.74, 6) is 1.54. The van der Waals surface area contributed by atoms with E-state index in [2.05, 4.69) is 4.98 Å². The van der Waals surface area contributed by atoms with Crippen molar-refractivity contribution in [1.82, 2.24) is 9.97 Å². The van der Waals surface area contributed by atoms with E-state index in [1.807, 2.05) is 11.3 Å². The highest BCUT2D eigenvalue weighted by Gasteiger charge is 2.25. The molecule has 0 spiro atoms. The lowest BCUT2D eigenvalue weighted by Gasteiger charge is -2.08. The molecule has 2 nitrogen and oxygen atoms in total. The Balaban J connectivity index is 1.88. The molecule has 0 saturated heterocycles. The van der Waals surface area contributed by atoms with E-state index in [4.69, 9.17) is 16.6 Å². The van der Waals surface area contributed by atoms with Gasteiger partial charge < -0.3 is 0 Å². The van der Waals surface area contributed by atoms with Gasteiger partial charge in [-0.2, -0.15) is 0 Å². The van der Waals surface area contributed by atoms with Gasteiger partial charge in [-0.25, -0.2) is 9.97 Å². The summed E-state index contributed by atoms with van der Waals surface area (Å²) in [7, 11) is 0. The van der Waals surface area contributed by atoms with E-state index in [0.29, 0.717) is 11.1 Å². The highest BCUT2D eigenvalue weighted by molar-refractivity contribution is 7.19. The van der Waals surface area contributed by atoms with Crippen molar-refractivity contribution in [3.8, 4) is 0 Å². The van der Waals surface area contributed by atoms with Crippen LogP contribution in [0.2, 0.25) is 5.15 Å². The molecule has 2 aliphatic rings. The SMILES string of the molecule is Clc1nc(C2CCCC2)nc2sc3c(c12)CCC3. The fourth-order valence-electron chi connectivity index (χ4n) is 3.33. The van der Waals surface area contributed by atoms with Gasteiger partial charge in [0.2, 0.25) is 0 Å². The molecule has 0 radical (unpaired) electrons. The van der Waals surface area contributed by atoms with Crippen molar-refractivity contribution in [2.45, 2.75) is 50.9 Å². The van der Waals surface area contributed by atoms with Crippen LogP contribution in [0.25, 0.3) is 10.2 Å². The Morgan fingerprint density at radius 2 is 1.89 bits per heavy atom. The van der Waals surface area contributed by atoms with Gasteiger partial charge in [0.05, 0.1) is 5.39 Å². The van der Waals surface area contributed by atoms with Gasteiger partial charge in [-0.3, -0.25) is 0 Å². The smallest absolute Gasteiger partial charge is 0.141 e. The van der Waals surface area contributed by atoms with Gasteiger partial charge in [0.15, 0.2) is 0 Å². The highest BCUT2D eigenvalue weighted by atomic mass is 35.5. The normalized spacial score (nSPS) is 19.8. The Bertz CT molecular complexity index is 614. The van der Waals surface area contributed by atoms with Gasteiger partial charge in [0.1, 0.15) is 15.8 Å². The zero-order valence-electron chi connectivity index (χ0n) is 10.2. The topological polar surface area (TPSA) is 25.8 Å². The first kappa shape index (κ1) is 11.2. The van der Waals surface area contributed by atoms with Crippen molar-refractivity contribution < 1.29 is 0 Å². The van der Waals surface area contributed by atoms with Gasteiger partial charge in [-0.15, -0.1) is 11.3 Å². The molecule has 1 fully saturated rings. The Morgan fingerprint density at radius 1 is 1.06 bits per heavy atom. The molecular weight excluding hydrogens is 264 g/mol. The van der Waals surface area contributed by atoms with Gasteiger partial charge in [-0.05, 0) is 37.7 Å². The zero-order chi connectivity index (χ0) is 12.1. The summed E-state index contributed by atoms with van der Waals surface area (Å²) in [5.41, 5.74) is 1.43. The first-order chi connectivity index (χ1) is 8.83. The highest BCUT2D eigenvalue weighted by Crippen LogP contribution is 2.41. The second-order valence-corrected chi connectivity index (χ2v) is 6.83. The molecule has 4 heteroatoms. The molecule has 0 aromatic carbocycles. The van der Waals surface area contributed by atoms with Crippen LogP contribution in [-0.2, 0) is 12.8 Å². The molecule has 2 aromatic rings. The lowest BCUT2D eigenvalue weighted by Crippen LogP contribution is -2.00. The third kappa shape index (κ3) is 1.60. The summed E-state index contributed by atoms with van der Waals surface area (Å²) in [5, 5.41) is 1.84. The second-order valence-electron chi connectivity index (χ2n) is 5.39. The van der Waals surface area contributed by atoms with Gasteiger partial charge in [0, 0.05) is 10.8 Å². The van der Waals surface area contributed by atoms with E-state index in [1.54, 1.807) is 0 Å². The minimum Gasteiger partial charge on any atom is -0.222 e. The maximum absolute atomic E-state index is 6.42. The molecule has 0 N–H and O–H groups in total. The minimum absolute atomic E-state index is 0.545. The summed E-state index contributed by atoms with van der Waals surface area (Å²) in [6.07, 6.45) is 8.69. The van der Waals surface area contributed by atoms with Crippen LogP contribution < -0.4 is 0 Å². The molecule has 0 unspecified atom stereocenters. The molecule has 18 heavy (non-hydrogen) atoms. The van der Waals surface area contributed by atoms with E-state index in [1.165, 1.54) is 49.0 Å². The average Bonchev–Trinajstić information content (AvgIpc) is 3.04. The molecule has 0 aliphatic heterocycles. The van der Waals surface area contributed by atoms with Crippen LogP contribution in [0.5, 0.6) is 0 Å². The Kier molecular flexibility index (Phi) is 2.59. The second kappa shape index (κ2) is 4.17. The van der Waals surface area contributed by atoms with Crippen LogP contribution in [0.1, 0.15) is 54.3 Å². The molecule has 2 heterocycles. The molecule has 4 rings (SSSR count). The fraction of sp³-hybridized carbons (Fsp3) is 0.571. The molecule has 94 valence electrons. The number of rotatable bonds is 1. The Morgan fingerprint density at radius 3 is 2.72 bits per heavy atom. The lowest BCUT2D eigenvalue weighted by molar-refractivity contribution is 0.673. The van der Waals surface area contributed by atoms with Gasteiger partial charge >= 0.3 is 0 Å². The third-order valence-corrected chi connectivity index (χ3v) is 5.72. The molecule has 1 saturated carbocycles. The van der Waals surface area contributed by atoms with E-state index >= 15 is 0 Å². The van der Waals surface area contributed by atoms with Crippen molar-refractivity contribution in [2.75, 3.05) is 0 Å². The average molecular weight is 279 g/mol. The number of hydrogen-bond acceptors (Lipinski definition) is 3.